The zero-order chi connectivity index (χ0) is 32.6. The fraction of sp³-hybridized carbons (Fsp3) is 0.278. The van der Waals surface area contributed by atoms with Crippen LogP contribution in [0.25, 0.3) is 0 Å². The number of hydrogen-bond acceptors (Lipinski definition) is 4. The summed E-state index contributed by atoms with van der Waals surface area (Å²) >= 11 is 3.52. The number of rotatable bonds is 13. The van der Waals surface area contributed by atoms with E-state index in [0.717, 1.165) is 31.9 Å². The molecule has 0 unspecified atom stereocenters. The molecule has 0 heterocycles. The van der Waals surface area contributed by atoms with Crippen molar-refractivity contribution in [2.45, 2.75) is 64.1 Å². The van der Waals surface area contributed by atoms with Gasteiger partial charge in [-0.2, -0.15) is 0 Å². The molecule has 236 valence electrons. The highest BCUT2D eigenvalue weighted by Gasteiger charge is 2.35. The molecule has 4 aromatic rings. The van der Waals surface area contributed by atoms with Crippen LogP contribution < -0.4 is 9.62 Å². The van der Waals surface area contributed by atoms with Crippen molar-refractivity contribution in [2.75, 3.05) is 10.8 Å². The van der Waals surface area contributed by atoms with Gasteiger partial charge in [-0.25, -0.2) is 8.42 Å². The molecular weight excluding hydrogens is 650 g/mol. The Labute approximate surface area is 275 Å². The number of nitrogens with zero attached hydrogens (tertiary/aromatic N) is 2. The van der Waals surface area contributed by atoms with Crippen molar-refractivity contribution < 1.29 is 18.0 Å². The highest BCUT2D eigenvalue weighted by molar-refractivity contribution is 9.10. The van der Waals surface area contributed by atoms with Gasteiger partial charge in [0.2, 0.25) is 11.8 Å². The molecule has 0 fully saturated rings. The second-order valence-electron chi connectivity index (χ2n) is 11.3. The topological polar surface area (TPSA) is 86.8 Å². The minimum absolute atomic E-state index is 0.0815. The number of nitrogens with one attached hydrogen (secondary N) is 1. The SMILES string of the molecule is CC[C@@H](C)NC(=O)[C@@H](Cc1ccccc1)N(Cc1cccc(Br)c1)C(=O)CN(c1ccccc1C)S(=O)(=O)c1ccc(C)cc1. The molecule has 2 atom stereocenters. The van der Waals surface area contributed by atoms with E-state index in [1.54, 1.807) is 36.4 Å². The van der Waals surface area contributed by atoms with Crippen molar-refractivity contribution in [3.05, 3.63) is 130 Å². The third kappa shape index (κ3) is 8.83. The molecular formula is C36H40BrN3O4S. The van der Waals surface area contributed by atoms with Crippen LogP contribution in [-0.4, -0.2) is 43.8 Å². The lowest BCUT2D eigenvalue weighted by Gasteiger charge is -2.34. The van der Waals surface area contributed by atoms with Crippen molar-refractivity contribution in [2.24, 2.45) is 0 Å². The third-order valence-corrected chi connectivity index (χ3v) is 10.1. The number of benzene rings is 4. The first-order valence-electron chi connectivity index (χ1n) is 15.0. The molecule has 2 amide bonds. The number of halogens is 1. The van der Waals surface area contributed by atoms with E-state index in [-0.39, 0.29) is 29.8 Å². The summed E-state index contributed by atoms with van der Waals surface area (Å²) in [5.74, 6) is -0.783. The zero-order valence-electron chi connectivity index (χ0n) is 26.1. The van der Waals surface area contributed by atoms with Crippen LogP contribution in [0.2, 0.25) is 0 Å². The molecule has 0 aliphatic heterocycles. The number of para-hydroxylation sites is 1. The summed E-state index contributed by atoms with van der Waals surface area (Å²) in [6, 6.07) is 29.8. The van der Waals surface area contributed by atoms with Gasteiger partial charge in [-0.15, -0.1) is 0 Å². The maximum Gasteiger partial charge on any atom is 0.264 e. The molecule has 0 aromatic heterocycles. The summed E-state index contributed by atoms with van der Waals surface area (Å²) in [5.41, 5.74) is 3.71. The first kappa shape index (κ1) is 33.9. The van der Waals surface area contributed by atoms with Crippen LogP contribution >= 0.6 is 15.9 Å². The van der Waals surface area contributed by atoms with Crippen molar-refractivity contribution in [1.82, 2.24) is 10.2 Å². The molecule has 9 heteroatoms. The van der Waals surface area contributed by atoms with E-state index in [1.165, 1.54) is 4.90 Å². The third-order valence-electron chi connectivity index (χ3n) is 7.79. The highest BCUT2D eigenvalue weighted by Crippen LogP contribution is 2.28. The Morgan fingerprint density at radius 3 is 2.13 bits per heavy atom. The lowest BCUT2D eigenvalue weighted by molar-refractivity contribution is -0.140. The lowest BCUT2D eigenvalue weighted by atomic mass is 10.0. The van der Waals surface area contributed by atoms with Gasteiger partial charge < -0.3 is 10.2 Å². The van der Waals surface area contributed by atoms with Gasteiger partial charge >= 0.3 is 0 Å². The van der Waals surface area contributed by atoms with E-state index < -0.39 is 28.5 Å². The van der Waals surface area contributed by atoms with E-state index in [4.69, 9.17) is 0 Å². The molecule has 0 bridgehead atoms. The normalized spacial score (nSPS) is 12.6. The Bertz CT molecular complexity index is 1710. The smallest absolute Gasteiger partial charge is 0.264 e. The standard InChI is InChI=1S/C36H40BrN3O4S/c1-5-28(4)38-36(42)34(23-29-13-7-6-8-14-29)39(24-30-15-11-16-31(37)22-30)35(41)25-40(33-17-10-9-12-27(33)3)45(43,44)32-20-18-26(2)19-21-32/h6-22,28,34H,5,23-25H2,1-4H3,(H,38,42)/t28-,34-/m1/s1. The largest absolute Gasteiger partial charge is 0.352 e. The van der Waals surface area contributed by atoms with Crippen LogP contribution in [0.15, 0.2) is 112 Å². The van der Waals surface area contributed by atoms with E-state index in [0.29, 0.717) is 11.3 Å². The molecule has 0 aliphatic carbocycles. The van der Waals surface area contributed by atoms with E-state index in [1.807, 2.05) is 94.4 Å². The first-order valence-corrected chi connectivity index (χ1v) is 17.3. The minimum Gasteiger partial charge on any atom is -0.352 e. The van der Waals surface area contributed by atoms with Crippen molar-refractivity contribution in [1.29, 1.82) is 0 Å². The van der Waals surface area contributed by atoms with Gasteiger partial charge in [-0.1, -0.05) is 101 Å². The van der Waals surface area contributed by atoms with Crippen LogP contribution in [0.3, 0.4) is 0 Å². The molecule has 4 aromatic carbocycles. The monoisotopic (exact) mass is 689 g/mol. The summed E-state index contributed by atoms with van der Waals surface area (Å²) in [7, 11) is -4.15. The van der Waals surface area contributed by atoms with Crippen molar-refractivity contribution in [3.8, 4) is 0 Å². The van der Waals surface area contributed by atoms with Crippen molar-refractivity contribution >= 4 is 43.5 Å². The van der Waals surface area contributed by atoms with Gasteiger partial charge in [-0.3, -0.25) is 13.9 Å². The zero-order valence-corrected chi connectivity index (χ0v) is 28.5. The average molecular weight is 691 g/mol. The average Bonchev–Trinajstić information content (AvgIpc) is 3.02. The fourth-order valence-electron chi connectivity index (χ4n) is 5.02. The van der Waals surface area contributed by atoms with Gasteiger partial charge in [0.25, 0.3) is 10.0 Å². The first-order chi connectivity index (χ1) is 21.5. The van der Waals surface area contributed by atoms with Gasteiger partial charge in [0.15, 0.2) is 0 Å². The van der Waals surface area contributed by atoms with E-state index >= 15 is 0 Å². The Balaban J connectivity index is 1.82. The van der Waals surface area contributed by atoms with Gasteiger partial charge in [-0.05, 0) is 74.2 Å². The predicted molar refractivity (Wildman–Crippen MR) is 183 cm³/mol. The molecule has 1 N–H and O–H groups in total. The molecule has 0 saturated heterocycles. The molecule has 4 rings (SSSR count). The quantitative estimate of drug-likeness (QED) is 0.167. The Morgan fingerprint density at radius 1 is 0.844 bits per heavy atom. The number of carbonyl (C=O) groups is 2. The van der Waals surface area contributed by atoms with E-state index in [9.17, 15) is 18.0 Å². The number of aryl methyl sites for hydroxylation is 2. The van der Waals surface area contributed by atoms with Crippen LogP contribution in [0.4, 0.5) is 5.69 Å². The van der Waals surface area contributed by atoms with Gasteiger partial charge in [0.05, 0.1) is 10.6 Å². The maximum absolute atomic E-state index is 14.6. The predicted octanol–water partition coefficient (Wildman–Crippen LogP) is 6.82. The highest BCUT2D eigenvalue weighted by atomic mass is 79.9. The number of hydrogen-bond donors (Lipinski definition) is 1. The summed E-state index contributed by atoms with van der Waals surface area (Å²) < 4.78 is 30.4. The maximum atomic E-state index is 14.6. The summed E-state index contributed by atoms with van der Waals surface area (Å²) in [6.07, 6.45) is 0.983. The number of carbonyl (C=O) groups excluding carboxylic acids is 2. The van der Waals surface area contributed by atoms with Crippen LogP contribution in [0.1, 0.15) is 42.5 Å². The minimum atomic E-state index is -4.15. The second-order valence-corrected chi connectivity index (χ2v) is 14.1. The molecule has 0 aliphatic rings. The fourth-order valence-corrected chi connectivity index (χ4v) is 6.95. The van der Waals surface area contributed by atoms with Crippen LogP contribution in [0, 0.1) is 13.8 Å². The number of anilines is 1. The summed E-state index contributed by atoms with van der Waals surface area (Å²) in [5, 5.41) is 3.06. The van der Waals surface area contributed by atoms with Crippen LogP contribution in [-0.2, 0) is 32.6 Å². The van der Waals surface area contributed by atoms with Gasteiger partial charge in [0.1, 0.15) is 12.6 Å². The van der Waals surface area contributed by atoms with Gasteiger partial charge in [0, 0.05) is 23.5 Å². The molecule has 0 spiro atoms. The second kappa shape index (κ2) is 15.4. The van der Waals surface area contributed by atoms with Crippen molar-refractivity contribution in [3.63, 3.8) is 0 Å². The van der Waals surface area contributed by atoms with Crippen LogP contribution in [0.5, 0.6) is 0 Å². The molecule has 0 radical (unpaired) electrons. The lowest BCUT2D eigenvalue weighted by Crippen LogP contribution is -2.54. The number of amides is 2. The summed E-state index contributed by atoms with van der Waals surface area (Å²) in [4.78, 5) is 30.1. The molecule has 0 saturated carbocycles. The Morgan fingerprint density at radius 2 is 1.49 bits per heavy atom. The Kier molecular flexibility index (Phi) is 11.6. The molecule has 45 heavy (non-hydrogen) atoms. The van der Waals surface area contributed by atoms with E-state index in [2.05, 4.69) is 21.2 Å². The molecule has 7 nitrogen and oxygen atoms in total. The number of sulfonamides is 1. The summed E-state index contributed by atoms with van der Waals surface area (Å²) in [6.45, 7) is 7.22. The Hall–Kier alpha value is -3.95.